The molecule has 0 saturated carbocycles. The number of halogens is 1. The van der Waals surface area contributed by atoms with Gasteiger partial charge in [0.1, 0.15) is 5.75 Å². The van der Waals surface area contributed by atoms with Crippen LogP contribution in [0.4, 0.5) is 5.69 Å². The molecular formula is C16H17BrN2O2. The minimum atomic E-state index is -0.160. The molecule has 0 aliphatic carbocycles. The van der Waals surface area contributed by atoms with E-state index in [4.69, 9.17) is 5.73 Å². The fourth-order valence-electron chi connectivity index (χ4n) is 2.07. The highest BCUT2D eigenvalue weighted by Crippen LogP contribution is 2.27. The topological polar surface area (TPSA) is 66.6 Å². The van der Waals surface area contributed by atoms with E-state index in [1.807, 2.05) is 31.2 Å². The Bertz CT molecular complexity index is 673. The number of carbonyl (C=O) groups excluding carboxylic acids is 1. The minimum Gasteiger partial charge on any atom is -0.507 e. The maximum atomic E-state index is 12.5. The molecule has 4 nitrogen and oxygen atoms in total. The summed E-state index contributed by atoms with van der Waals surface area (Å²) in [4.78, 5) is 14.1. The molecule has 0 heterocycles. The van der Waals surface area contributed by atoms with Gasteiger partial charge in [-0.25, -0.2) is 0 Å². The second kappa shape index (κ2) is 6.18. The van der Waals surface area contributed by atoms with Gasteiger partial charge in [0, 0.05) is 18.3 Å². The number of rotatable bonds is 3. The molecule has 0 bridgehead atoms. The summed E-state index contributed by atoms with van der Waals surface area (Å²) in [5.41, 5.74) is 7.85. The van der Waals surface area contributed by atoms with Crippen molar-refractivity contribution in [1.29, 1.82) is 0 Å². The van der Waals surface area contributed by atoms with Gasteiger partial charge in [-0.15, -0.1) is 0 Å². The first-order chi connectivity index (χ1) is 9.90. The van der Waals surface area contributed by atoms with Crippen molar-refractivity contribution in [3.05, 3.63) is 58.1 Å². The molecule has 1 amide bonds. The van der Waals surface area contributed by atoms with Gasteiger partial charge < -0.3 is 15.7 Å². The first-order valence-corrected chi connectivity index (χ1v) is 7.30. The van der Waals surface area contributed by atoms with Gasteiger partial charge in [0.2, 0.25) is 0 Å². The van der Waals surface area contributed by atoms with Crippen molar-refractivity contribution in [2.75, 3.05) is 12.8 Å². The smallest absolute Gasteiger partial charge is 0.254 e. The van der Waals surface area contributed by atoms with E-state index in [0.29, 0.717) is 15.7 Å². The van der Waals surface area contributed by atoms with Gasteiger partial charge in [-0.3, -0.25) is 4.79 Å². The molecule has 1 unspecified atom stereocenters. The monoisotopic (exact) mass is 348 g/mol. The van der Waals surface area contributed by atoms with E-state index < -0.39 is 0 Å². The largest absolute Gasteiger partial charge is 0.507 e. The lowest BCUT2D eigenvalue weighted by Gasteiger charge is -2.25. The van der Waals surface area contributed by atoms with Crippen LogP contribution in [0.2, 0.25) is 0 Å². The average Bonchev–Trinajstić information content (AvgIpc) is 2.47. The molecule has 0 radical (unpaired) electrons. The van der Waals surface area contributed by atoms with Crippen molar-refractivity contribution in [2.24, 2.45) is 0 Å². The van der Waals surface area contributed by atoms with Crippen LogP contribution in [0, 0.1) is 0 Å². The van der Waals surface area contributed by atoms with E-state index in [1.54, 1.807) is 24.1 Å². The zero-order valence-corrected chi connectivity index (χ0v) is 13.5. The number of aromatic hydroxyl groups is 1. The Kier molecular flexibility index (Phi) is 4.53. The molecule has 0 aliphatic heterocycles. The second-order valence-corrected chi connectivity index (χ2v) is 5.78. The van der Waals surface area contributed by atoms with Crippen LogP contribution in [-0.4, -0.2) is 23.0 Å². The fourth-order valence-corrected chi connectivity index (χ4v) is 2.31. The summed E-state index contributed by atoms with van der Waals surface area (Å²) in [6.07, 6.45) is 0. The number of anilines is 1. The number of phenols is 1. The summed E-state index contributed by atoms with van der Waals surface area (Å²) < 4.78 is 0.561. The average molecular weight is 349 g/mol. The molecule has 3 N–H and O–H groups in total. The maximum Gasteiger partial charge on any atom is 0.254 e. The quantitative estimate of drug-likeness (QED) is 0.833. The summed E-state index contributed by atoms with van der Waals surface area (Å²) in [6, 6.07) is 12.1. The number of hydrogen-bond acceptors (Lipinski definition) is 3. The second-order valence-electron chi connectivity index (χ2n) is 4.93. The molecule has 0 saturated heterocycles. The molecule has 0 aromatic heterocycles. The van der Waals surface area contributed by atoms with Crippen LogP contribution in [0.3, 0.4) is 0 Å². The fraction of sp³-hybridized carbons (Fsp3) is 0.188. The van der Waals surface area contributed by atoms with Gasteiger partial charge in [0.25, 0.3) is 5.91 Å². The van der Waals surface area contributed by atoms with Crippen LogP contribution in [0.15, 0.2) is 46.9 Å². The number of hydrogen-bond donors (Lipinski definition) is 2. The van der Waals surface area contributed by atoms with Crippen molar-refractivity contribution in [3.8, 4) is 5.75 Å². The van der Waals surface area contributed by atoms with Gasteiger partial charge in [-0.05, 0) is 58.7 Å². The Hall–Kier alpha value is -2.01. The van der Waals surface area contributed by atoms with Crippen LogP contribution in [0.5, 0.6) is 5.75 Å². The van der Waals surface area contributed by atoms with Gasteiger partial charge in [-0.2, -0.15) is 0 Å². The number of benzene rings is 2. The SMILES string of the molecule is CC(c1cccc(N)c1)N(C)C(=O)c1ccc(Br)c(O)c1. The van der Waals surface area contributed by atoms with E-state index in [0.717, 1.165) is 5.56 Å². The number of phenolic OH excluding ortho intramolecular Hbond substituents is 1. The summed E-state index contributed by atoms with van der Waals surface area (Å²) >= 11 is 3.20. The van der Waals surface area contributed by atoms with Crippen LogP contribution < -0.4 is 5.73 Å². The van der Waals surface area contributed by atoms with E-state index in [-0.39, 0.29) is 17.7 Å². The van der Waals surface area contributed by atoms with Crippen LogP contribution in [0.25, 0.3) is 0 Å². The molecule has 2 aromatic carbocycles. The molecule has 2 aromatic rings. The zero-order chi connectivity index (χ0) is 15.6. The lowest BCUT2D eigenvalue weighted by Crippen LogP contribution is -2.29. The Morgan fingerprint density at radius 2 is 2.00 bits per heavy atom. The lowest BCUT2D eigenvalue weighted by molar-refractivity contribution is 0.0742. The molecule has 0 spiro atoms. The third kappa shape index (κ3) is 3.36. The summed E-state index contributed by atoms with van der Waals surface area (Å²) in [7, 11) is 1.73. The molecule has 5 heteroatoms. The Morgan fingerprint density at radius 3 is 2.62 bits per heavy atom. The number of amides is 1. The van der Waals surface area contributed by atoms with Gasteiger partial charge in [0.15, 0.2) is 0 Å². The number of nitrogens with two attached hydrogens (primary N) is 1. The summed E-state index contributed by atoms with van der Waals surface area (Å²) in [6.45, 7) is 1.94. The molecular weight excluding hydrogens is 332 g/mol. The van der Waals surface area contributed by atoms with E-state index in [9.17, 15) is 9.90 Å². The highest BCUT2D eigenvalue weighted by molar-refractivity contribution is 9.10. The number of nitrogen functional groups attached to an aromatic ring is 1. The Morgan fingerprint density at radius 1 is 1.29 bits per heavy atom. The van der Waals surface area contributed by atoms with E-state index in [1.165, 1.54) is 6.07 Å². The van der Waals surface area contributed by atoms with Gasteiger partial charge in [-0.1, -0.05) is 12.1 Å². The highest BCUT2D eigenvalue weighted by atomic mass is 79.9. The van der Waals surface area contributed by atoms with Crippen molar-refractivity contribution in [2.45, 2.75) is 13.0 Å². The minimum absolute atomic E-state index is 0.0471. The third-order valence-electron chi connectivity index (χ3n) is 3.49. The van der Waals surface area contributed by atoms with Crippen molar-refractivity contribution >= 4 is 27.5 Å². The standard InChI is InChI=1S/C16H17BrN2O2/c1-10(11-4-3-5-13(18)8-11)19(2)16(21)12-6-7-14(17)15(20)9-12/h3-10,20H,18H2,1-2H3. The van der Waals surface area contributed by atoms with E-state index >= 15 is 0 Å². The van der Waals surface area contributed by atoms with Gasteiger partial charge in [0.05, 0.1) is 10.5 Å². The number of nitrogens with zero attached hydrogens (tertiary/aromatic N) is 1. The molecule has 21 heavy (non-hydrogen) atoms. The summed E-state index contributed by atoms with van der Waals surface area (Å²) in [5, 5.41) is 9.69. The first kappa shape index (κ1) is 15.4. The predicted molar refractivity (Wildman–Crippen MR) is 87.2 cm³/mol. The van der Waals surface area contributed by atoms with Crippen molar-refractivity contribution in [1.82, 2.24) is 4.90 Å². The Labute approximate surface area is 132 Å². The van der Waals surface area contributed by atoms with Crippen LogP contribution in [0.1, 0.15) is 28.9 Å². The van der Waals surface area contributed by atoms with Crippen molar-refractivity contribution < 1.29 is 9.90 Å². The van der Waals surface area contributed by atoms with Crippen LogP contribution in [-0.2, 0) is 0 Å². The molecule has 0 fully saturated rings. The first-order valence-electron chi connectivity index (χ1n) is 6.51. The number of carbonyl (C=O) groups is 1. The summed E-state index contributed by atoms with van der Waals surface area (Å²) in [5.74, 6) is -0.112. The maximum absolute atomic E-state index is 12.5. The molecule has 0 aliphatic rings. The molecule has 110 valence electrons. The predicted octanol–water partition coefficient (Wildman–Crippen LogP) is 3.57. The third-order valence-corrected chi connectivity index (χ3v) is 4.16. The van der Waals surface area contributed by atoms with E-state index in [2.05, 4.69) is 15.9 Å². The zero-order valence-electron chi connectivity index (χ0n) is 11.9. The molecule has 1 atom stereocenters. The lowest BCUT2D eigenvalue weighted by atomic mass is 10.1. The normalized spacial score (nSPS) is 12.0. The van der Waals surface area contributed by atoms with Crippen LogP contribution >= 0.6 is 15.9 Å². The van der Waals surface area contributed by atoms with Crippen molar-refractivity contribution in [3.63, 3.8) is 0 Å². The highest BCUT2D eigenvalue weighted by Gasteiger charge is 2.19. The Balaban J connectivity index is 2.24. The molecule has 2 rings (SSSR count). The van der Waals surface area contributed by atoms with Gasteiger partial charge >= 0.3 is 0 Å².